The molecule has 1 unspecified atom stereocenters. The predicted molar refractivity (Wildman–Crippen MR) is 38.5 cm³/mol. The quantitative estimate of drug-likeness (QED) is 0.665. The Morgan fingerprint density at radius 3 is 2.38 bits per heavy atom. The van der Waals surface area contributed by atoms with Gasteiger partial charge in [0.1, 0.15) is 12.5 Å². The van der Waals surface area contributed by atoms with E-state index < -0.39 is 24.5 Å². The number of hydrogen-bond donors (Lipinski definition) is 0. The standard InChI is InChI=1S/C7H9F3N2O/c1-5(4-11)12(2)6(13)3-7(8,9)10/h5H,3H2,1-2H3. The average molecular weight is 194 g/mol. The minimum Gasteiger partial charge on any atom is -0.330 e. The molecule has 0 N–H and O–H groups in total. The number of carbonyl (C=O) groups is 1. The van der Waals surface area contributed by atoms with Crippen LogP contribution in [0.1, 0.15) is 13.3 Å². The number of alkyl halides is 3. The van der Waals surface area contributed by atoms with E-state index in [2.05, 4.69) is 0 Å². The third-order valence-electron chi connectivity index (χ3n) is 1.51. The van der Waals surface area contributed by atoms with Crippen LogP contribution in [-0.2, 0) is 4.79 Å². The molecule has 0 radical (unpaired) electrons. The third kappa shape index (κ3) is 4.35. The summed E-state index contributed by atoms with van der Waals surface area (Å²) in [5, 5.41) is 8.33. The molecule has 74 valence electrons. The van der Waals surface area contributed by atoms with Crippen LogP contribution in [-0.4, -0.2) is 30.1 Å². The van der Waals surface area contributed by atoms with Crippen LogP contribution in [0.25, 0.3) is 0 Å². The number of rotatable bonds is 2. The molecular formula is C7H9F3N2O. The van der Waals surface area contributed by atoms with E-state index in [0.29, 0.717) is 0 Å². The highest BCUT2D eigenvalue weighted by atomic mass is 19.4. The molecular weight excluding hydrogens is 185 g/mol. The van der Waals surface area contributed by atoms with Gasteiger partial charge in [0.15, 0.2) is 0 Å². The van der Waals surface area contributed by atoms with Gasteiger partial charge in [-0.3, -0.25) is 4.79 Å². The van der Waals surface area contributed by atoms with Crippen molar-refractivity contribution in [1.82, 2.24) is 4.90 Å². The molecule has 0 heterocycles. The zero-order chi connectivity index (χ0) is 10.6. The van der Waals surface area contributed by atoms with E-state index in [9.17, 15) is 18.0 Å². The maximum atomic E-state index is 11.7. The van der Waals surface area contributed by atoms with Gasteiger partial charge >= 0.3 is 6.18 Å². The topological polar surface area (TPSA) is 44.1 Å². The van der Waals surface area contributed by atoms with Crippen molar-refractivity contribution in [1.29, 1.82) is 5.26 Å². The maximum absolute atomic E-state index is 11.7. The molecule has 0 aromatic carbocycles. The molecule has 0 rings (SSSR count). The Hall–Kier alpha value is -1.25. The lowest BCUT2D eigenvalue weighted by atomic mass is 10.3. The first-order chi connectivity index (χ1) is 5.78. The number of nitriles is 1. The molecule has 0 bridgehead atoms. The van der Waals surface area contributed by atoms with Crippen molar-refractivity contribution >= 4 is 5.91 Å². The van der Waals surface area contributed by atoms with Crippen molar-refractivity contribution in [3.8, 4) is 6.07 Å². The van der Waals surface area contributed by atoms with Gasteiger partial charge in [-0.05, 0) is 6.92 Å². The maximum Gasteiger partial charge on any atom is 0.397 e. The molecule has 0 aliphatic rings. The van der Waals surface area contributed by atoms with E-state index in [4.69, 9.17) is 5.26 Å². The Morgan fingerprint density at radius 1 is 1.62 bits per heavy atom. The lowest BCUT2D eigenvalue weighted by Crippen LogP contribution is -2.36. The van der Waals surface area contributed by atoms with E-state index in [1.54, 1.807) is 6.07 Å². The smallest absolute Gasteiger partial charge is 0.330 e. The summed E-state index contributed by atoms with van der Waals surface area (Å²) in [6.07, 6.45) is -6.03. The number of nitrogens with zero attached hydrogens (tertiary/aromatic N) is 2. The minimum atomic E-state index is -4.51. The van der Waals surface area contributed by atoms with Crippen molar-refractivity contribution < 1.29 is 18.0 Å². The first kappa shape index (κ1) is 11.8. The van der Waals surface area contributed by atoms with Crippen LogP contribution in [0.4, 0.5) is 13.2 Å². The molecule has 0 aliphatic carbocycles. The Balaban J connectivity index is 4.22. The highest BCUT2D eigenvalue weighted by Crippen LogP contribution is 2.20. The molecule has 3 nitrogen and oxygen atoms in total. The van der Waals surface area contributed by atoms with E-state index in [-0.39, 0.29) is 0 Å². The van der Waals surface area contributed by atoms with Crippen LogP contribution in [0.2, 0.25) is 0 Å². The van der Waals surface area contributed by atoms with Crippen molar-refractivity contribution in [3.63, 3.8) is 0 Å². The molecule has 13 heavy (non-hydrogen) atoms. The summed E-state index contributed by atoms with van der Waals surface area (Å²) in [6.45, 7) is 1.36. The zero-order valence-corrected chi connectivity index (χ0v) is 7.22. The largest absolute Gasteiger partial charge is 0.397 e. The fourth-order valence-electron chi connectivity index (χ4n) is 0.599. The molecule has 1 amide bonds. The molecule has 0 aromatic rings. The van der Waals surface area contributed by atoms with Crippen LogP contribution in [0, 0.1) is 11.3 Å². The normalized spacial score (nSPS) is 13.2. The van der Waals surface area contributed by atoms with Gasteiger partial charge in [0.25, 0.3) is 0 Å². The summed E-state index contributed by atoms with van der Waals surface area (Å²) in [4.78, 5) is 11.6. The van der Waals surface area contributed by atoms with Gasteiger partial charge in [0.2, 0.25) is 5.91 Å². The van der Waals surface area contributed by atoms with Gasteiger partial charge in [0, 0.05) is 7.05 Å². The number of carbonyl (C=O) groups excluding carboxylic acids is 1. The van der Waals surface area contributed by atoms with E-state index in [1.807, 2.05) is 0 Å². The molecule has 0 aromatic heterocycles. The van der Waals surface area contributed by atoms with Crippen LogP contribution >= 0.6 is 0 Å². The summed E-state index contributed by atoms with van der Waals surface area (Å²) in [6, 6.07) is 0.831. The van der Waals surface area contributed by atoms with Gasteiger partial charge in [-0.25, -0.2) is 0 Å². The molecule has 0 aliphatic heterocycles. The molecule has 0 fully saturated rings. The van der Waals surface area contributed by atoms with Crippen molar-refractivity contribution in [2.24, 2.45) is 0 Å². The Bertz CT molecular complexity index is 231. The van der Waals surface area contributed by atoms with Crippen molar-refractivity contribution in [3.05, 3.63) is 0 Å². The van der Waals surface area contributed by atoms with Crippen LogP contribution in [0.5, 0.6) is 0 Å². The number of hydrogen-bond acceptors (Lipinski definition) is 2. The van der Waals surface area contributed by atoms with Crippen LogP contribution in [0.15, 0.2) is 0 Å². The van der Waals surface area contributed by atoms with E-state index in [1.165, 1.54) is 14.0 Å². The van der Waals surface area contributed by atoms with Crippen molar-refractivity contribution in [2.75, 3.05) is 7.05 Å². The van der Waals surface area contributed by atoms with Crippen molar-refractivity contribution in [2.45, 2.75) is 25.6 Å². The Labute approximate surface area is 73.7 Å². The second-order valence-electron chi connectivity index (χ2n) is 2.60. The van der Waals surface area contributed by atoms with E-state index in [0.717, 1.165) is 4.90 Å². The summed E-state index contributed by atoms with van der Waals surface area (Å²) >= 11 is 0. The van der Waals surface area contributed by atoms with Gasteiger partial charge in [0.05, 0.1) is 6.07 Å². The first-order valence-corrected chi connectivity index (χ1v) is 3.50. The predicted octanol–water partition coefficient (Wildman–Crippen LogP) is 1.31. The summed E-state index contributed by atoms with van der Waals surface area (Å²) < 4.78 is 35.1. The molecule has 6 heteroatoms. The fraction of sp³-hybridized carbons (Fsp3) is 0.714. The Morgan fingerprint density at radius 2 is 2.08 bits per heavy atom. The lowest BCUT2D eigenvalue weighted by molar-refractivity contribution is -0.161. The Kier molecular flexibility index (Phi) is 3.72. The monoisotopic (exact) mass is 194 g/mol. The van der Waals surface area contributed by atoms with Gasteiger partial charge in [-0.2, -0.15) is 18.4 Å². The van der Waals surface area contributed by atoms with E-state index >= 15 is 0 Å². The number of halogens is 3. The molecule has 0 saturated carbocycles. The SMILES string of the molecule is CC(C#N)N(C)C(=O)CC(F)(F)F. The van der Waals surface area contributed by atoms with Gasteiger partial charge in [-0.15, -0.1) is 0 Å². The van der Waals surface area contributed by atoms with Crippen LogP contribution in [0.3, 0.4) is 0 Å². The van der Waals surface area contributed by atoms with Gasteiger partial charge < -0.3 is 4.90 Å². The van der Waals surface area contributed by atoms with Gasteiger partial charge in [-0.1, -0.05) is 0 Å². The first-order valence-electron chi connectivity index (χ1n) is 3.50. The summed E-state index contributed by atoms with van der Waals surface area (Å²) in [5.41, 5.74) is 0. The molecule has 0 spiro atoms. The third-order valence-corrected chi connectivity index (χ3v) is 1.51. The molecule has 1 atom stereocenters. The summed E-state index contributed by atoms with van der Waals surface area (Å²) in [7, 11) is 1.17. The van der Waals surface area contributed by atoms with Crippen LogP contribution < -0.4 is 0 Å². The number of amides is 1. The molecule has 0 saturated heterocycles. The highest BCUT2D eigenvalue weighted by molar-refractivity contribution is 5.77. The average Bonchev–Trinajstić information content (AvgIpc) is 1.98. The highest BCUT2D eigenvalue weighted by Gasteiger charge is 2.33. The minimum absolute atomic E-state index is 0.771. The lowest BCUT2D eigenvalue weighted by Gasteiger charge is -2.19. The fourth-order valence-corrected chi connectivity index (χ4v) is 0.599. The second kappa shape index (κ2) is 4.12. The second-order valence-corrected chi connectivity index (χ2v) is 2.60. The summed E-state index contributed by atoms with van der Waals surface area (Å²) in [5.74, 6) is -1.10. The zero-order valence-electron chi connectivity index (χ0n) is 7.22.